The van der Waals surface area contributed by atoms with Crippen molar-refractivity contribution in [3.8, 4) is 0 Å². The molecule has 1 amide bonds. The lowest BCUT2D eigenvalue weighted by molar-refractivity contribution is -0.921. The second-order valence-corrected chi connectivity index (χ2v) is 5.89. The third kappa shape index (κ3) is 3.13. The van der Waals surface area contributed by atoms with Crippen molar-refractivity contribution in [3.05, 3.63) is 30.0 Å². The van der Waals surface area contributed by atoms with Crippen LogP contribution in [-0.2, 0) is 14.3 Å². The summed E-state index contributed by atoms with van der Waals surface area (Å²) in [4.78, 5) is 28.9. The molecule has 0 saturated carbocycles. The van der Waals surface area contributed by atoms with E-state index in [-0.39, 0.29) is 17.6 Å². The number of benzene rings is 1. The number of esters is 1. The van der Waals surface area contributed by atoms with Crippen LogP contribution < -0.4 is 10.2 Å². The summed E-state index contributed by atoms with van der Waals surface area (Å²) >= 11 is 0. The fourth-order valence-electron chi connectivity index (χ4n) is 3.01. The molecule has 0 radical (unpaired) electrons. The van der Waals surface area contributed by atoms with Crippen LogP contribution in [0.2, 0.25) is 0 Å². The molecule has 1 aromatic heterocycles. The zero-order valence-corrected chi connectivity index (χ0v) is 13.8. The first-order chi connectivity index (χ1) is 11.6. The van der Waals surface area contributed by atoms with Crippen molar-refractivity contribution < 1.29 is 24.0 Å². The molecule has 7 heteroatoms. The molecule has 1 fully saturated rings. The van der Waals surface area contributed by atoms with Crippen molar-refractivity contribution >= 4 is 28.5 Å². The topological polar surface area (TPSA) is 84.9 Å². The van der Waals surface area contributed by atoms with Gasteiger partial charge in [0, 0.05) is 10.9 Å². The van der Waals surface area contributed by atoms with Gasteiger partial charge in [0.25, 0.3) is 5.91 Å². The molecule has 0 aliphatic carbocycles. The third-order valence-corrected chi connectivity index (χ3v) is 4.48. The van der Waals surface area contributed by atoms with Gasteiger partial charge < -0.3 is 24.7 Å². The van der Waals surface area contributed by atoms with Crippen molar-refractivity contribution in [2.75, 3.05) is 38.7 Å². The molecule has 0 spiro atoms. The van der Waals surface area contributed by atoms with Gasteiger partial charge in [0.05, 0.1) is 26.0 Å². The fourth-order valence-corrected chi connectivity index (χ4v) is 3.01. The van der Waals surface area contributed by atoms with Gasteiger partial charge in [-0.1, -0.05) is 18.2 Å². The summed E-state index contributed by atoms with van der Waals surface area (Å²) in [6, 6.07) is 7.22. The van der Waals surface area contributed by atoms with Crippen LogP contribution >= 0.6 is 0 Å². The first kappa shape index (κ1) is 16.5. The predicted octanol–water partition coefficient (Wildman–Crippen LogP) is 0.197. The van der Waals surface area contributed by atoms with Crippen molar-refractivity contribution in [1.82, 2.24) is 4.98 Å². The summed E-state index contributed by atoms with van der Waals surface area (Å²) in [5.41, 5.74) is 1.51. The number of para-hydroxylation sites is 1. The molecule has 1 aliphatic rings. The lowest BCUT2D eigenvalue weighted by Crippen LogP contribution is -3.18. The van der Waals surface area contributed by atoms with Gasteiger partial charge in [-0.2, -0.15) is 0 Å². The number of H-pyrrole nitrogens is 1. The van der Waals surface area contributed by atoms with Gasteiger partial charge in [0.1, 0.15) is 18.8 Å². The number of carbonyl (C=O) groups is 2. The van der Waals surface area contributed by atoms with E-state index in [0.717, 1.165) is 24.0 Å². The number of carbonyl (C=O) groups excluding carboxylic acids is 2. The molecule has 24 heavy (non-hydrogen) atoms. The zero-order valence-electron chi connectivity index (χ0n) is 13.8. The minimum absolute atomic E-state index is 0.123. The van der Waals surface area contributed by atoms with Crippen LogP contribution in [0, 0.1) is 0 Å². The van der Waals surface area contributed by atoms with Gasteiger partial charge in [0.2, 0.25) is 0 Å². The summed E-state index contributed by atoms with van der Waals surface area (Å²) in [5.74, 6) is -0.630. The van der Waals surface area contributed by atoms with Gasteiger partial charge >= 0.3 is 5.97 Å². The number of hydrogen-bond acceptors (Lipinski definition) is 4. The van der Waals surface area contributed by atoms with E-state index in [4.69, 9.17) is 9.47 Å². The summed E-state index contributed by atoms with van der Waals surface area (Å²) in [6.45, 7) is 4.81. The summed E-state index contributed by atoms with van der Waals surface area (Å²) in [6.07, 6.45) is 0. The molecule has 1 aromatic carbocycles. The van der Waals surface area contributed by atoms with Crippen LogP contribution in [0.4, 0.5) is 5.69 Å². The minimum atomic E-state index is -0.507. The molecule has 128 valence electrons. The van der Waals surface area contributed by atoms with Crippen molar-refractivity contribution in [3.63, 3.8) is 0 Å². The van der Waals surface area contributed by atoms with Crippen molar-refractivity contribution in [1.29, 1.82) is 0 Å². The Hall–Kier alpha value is -2.38. The Kier molecular flexibility index (Phi) is 4.82. The largest absolute Gasteiger partial charge is 0.464 e. The molecule has 1 atom stereocenters. The molecular weight excluding hydrogens is 310 g/mol. The maximum absolute atomic E-state index is 12.7. The number of amides is 1. The fraction of sp³-hybridized carbons (Fsp3) is 0.412. The molecule has 3 N–H and O–H groups in total. The second-order valence-electron chi connectivity index (χ2n) is 5.89. The number of aromatic nitrogens is 1. The Morgan fingerprint density at radius 2 is 2.00 bits per heavy atom. The lowest BCUT2D eigenvalue weighted by atomic mass is 10.2. The Labute approximate surface area is 139 Å². The lowest BCUT2D eigenvalue weighted by Gasteiger charge is -2.28. The highest BCUT2D eigenvalue weighted by Crippen LogP contribution is 2.28. The molecule has 7 nitrogen and oxygen atoms in total. The zero-order chi connectivity index (χ0) is 17.1. The molecule has 1 saturated heterocycles. The average molecular weight is 332 g/mol. The number of quaternary nitrogens is 1. The molecule has 2 heterocycles. The normalized spacial score (nSPS) is 16.8. The standard InChI is InChI=1S/C17H21N3O4/c1-11(20-7-9-24-10-8-20)16(21)19-14-12-5-3-4-6-13(12)18-15(14)17(22)23-2/h3-6,11,18H,7-10H2,1-2H3,(H,19,21)/p+1/t11-/m0/s1. The first-order valence-corrected chi connectivity index (χ1v) is 8.04. The average Bonchev–Trinajstić information content (AvgIpc) is 2.99. The quantitative estimate of drug-likeness (QED) is 0.698. The van der Waals surface area contributed by atoms with E-state index in [1.54, 1.807) is 0 Å². The van der Waals surface area contributed by atoms with E-state index in [2.05, 4.69) is 10.3 Å². The van der Waals surface area contributed by atoms with E-state index >= 15 is 0 Å². The number of aromatic amines is 1. The second kappa shape index (κ2) is 7.02. The van der Waals surface area contributed by atoms with E-state index in [9.17, 15) is 9.59 Å². The molecule has 3 rings (SSSR count). The van der Waals surface area contributed by atoms with E-state index in [1.807, 2.05) is 31.2 Å². The highest BCUT2D eigenvalue weighted by molar-refractivity contribution is 6.11. The number of hydrogen-bond donors (Lipinski definition) is 3. The van der Waals surface area contributed by atoms with Crippen LogP contribution in [0.1, 0.15) is 17.4 Å². The van der Waals surface area contributed by atoms with Crippen LogP contribution in [-0.4, -0.2) is 56.3 Å². The number of fused-ring (bicyclic) bond motifs is 1. The Morgan fingerprint density at radius 3 is 2.71 bits per heavy atom. The number of morpholine rings is 1. The van der Waals surface area contributed by atoms with Gasteiger partial charge in [-0.3, -0.25) is 4.79 Å². The predicted molar refractivity (Wildman–Crippen MR) is 89.2 cm³/mol. The summed E-state index contributed by atoms with van der Waals surface area (Å²) < 4.78 is 10.2. The van der Waals surface area contributed by atoms with Crippen molar-refractivity contribution in [2.45, 2.75) is 13.0 Å². The molecule has 0 unspecified atom stereocenters. The monoisotopic (exact) mass is 332 g/mol. The smallest absolute Gasteiger partial charge is 0.356 e. The van der Waals surface area contributed by atoms with Crippen LogP contribution in [0.15, 0.2) is 24.3 Å². The number of methoxy groups -OCH3 is 1. The maximum Gasteiger partial charge on any atom is 0.356 e. The maximum atomic E-state index is 12.7. The van der Waals surface area contributed by atoms with Gasteiger partial charge in [-0.15, -0.1) is 0 Å². The number of ether oxygens (including phenoxy) is 2. The highest BCUT2D eigenvalue weighted by atomic mass is 16.5. The van der Waals surface area contributed by atoms with E-state index in [0.29, 0.717) is 18.9 Å². The van der Waals surface area contributed by atoms with Crippen LogP contribution in [0.25, 0.3) is 10.9 Å². The summed E-state index contributed by atoms with van der Waals surface area (Å²) in [7, 11) is 1.32. The van der Waals surface area contributed by atoms with Gasteiger partial charge in [-0.25, -0.2) is 4.79 Å². The van der Waals surface area contributed by atoms with Crippen molar-refractivity contribution in [2.24, 2.45) is 0 Å². The highest BCUT2D eigenvalue weighted by Gasteiger charge is 2.29. The third-order valence-electron chi connectivity index (χ3n) is 4.48. The van der Waals surface area contributed by atoms with Gasteiger partial charge in [0.15, 0.2) is 6.04 Å². The summed E-state index contributed by atoms with van der Waals surface area (Å²) in [5, 5.41) is 3.70. The Bertz CT molecular complexity index is 749. The molecule has 0 bridgehead atoms. The molecular formula is C17H22N3O4+. The first-order valence-electron chi connectivity index (χ1n) is 8.04. The number of rotatable bonds is 4. The van der Waals surface area contributed by atoms with Crippen LogP contribution in [0.3, 0.4) is 0 Å². The Morgan fingerprint density at radius 1 is 1.29 bits per heavy atom. The molecule has 2 aromatic rings. The Balaban J connectivity index is 1.87. The number of nitrogens with one attached hydrogen (secondary N) is 3. The molecule has 1 aliphatic heterocycles. The van der Waals surface area contributed by atoms with E-state index < -0.39 is 5.97 Å². The van der Waals surface area contributed by atoms with Gasteiger partial charge in [-0.05, 0) is 13.0 Å². The minimum Gasteiger partial charge on any atom is -0.464 e. The SMILES string of the molecule is COC(=O)c1[nH]c2ccccc2c1NC(=O)[C@H](C)[NH+]1CCOCC1. The number of anilines is 1. The van der Waals surface area contributed by atoms with E-state index in [1.165, 1.54) is 12.0 Å². The van der Waals surface area contributed by atoms with Crippen LogP contribution in [0.5, 0.6) is 0 Å².